The van der Waals surface area contributed by atoms with Crippen LogP contribution in [0.25, 0.3) is 6.08 Å². The second kappa shape index (κ2) is 7.05. The molecule has 8 nitrogen and oxygen atoms in total. The Bertz CT molecular complexity index is 964. The predicted molar refractivity (Wildman–Crippen MR) is 84.1 cm³/mol. The zero-order valence-electron chi connectivity index (χ0n) is 12.5. The Hall–Kier alpha value is -3.33. The summed E-state index contributed by atoms with van der Waals surface area (Å²) in [5, 5.41) is 31.1. The van der Waals surface area contributed by atoms with E-state index in [0.717, 1.165) is 24.3 Å². The molecule has 0 amide bonds. The molecule has 2 rings (SSSR count). The third kappa shape index (κ3) is 4.58. The van der Waals surface area contributed by atoms with Crippen molar-refractivity contribution in [2.75, 3.05) is 4.72 Å². The summed E-state index contributed by atoms with van der Waals surface area (Å²) >= 11 is 0. The molecule has 0 aliphatic carbocycles. The molecule has 0 bridgehead atoms. The minimum atomic E-state index is -4.33. The number of carboxylic acids is 2. The van der Waals surface area contributed by atoms with E-state index in [1.807, 2.05) is 0 Å². The fraction of sp³-hybridized carbons (Fsp3) is 0. The normalized spacial score (nSPS) is 11.4. The Balaban J connectivity index is 2.36. The van der Waals surface area contributed by atoms with E-state index in [1.165, 1.54) is 30.3 Å². The number of hydrogen-bond donors (Lipinski definition) is 2. The van der Waals surface area contributed by atoms with E-state index in [1.54, 1.807) is 0 Å². The Kier molecular flexibility index (Phi) is 5.08. The second-order valence-electron chi connectivity index (χ2n) is 4.85. The van der Waals surface area contributed by atoms with Crippen LogP contribution in [0.1, 0.15) is 15.9 Å². The molecule has 0 saturated heterocycles. The minimum Gasteiger partial charge on any atom is -0.872 e. The summed E-state index contributed by atoms with van der Waals surface area (Å²) in [6.07, 6.45) is 1.98. The Morgan fingerprint density at radius 1 is 1.12 bits per heavy atom. The predicted octanol–water partition coefficient (Wildman–Crippen LogP) is 0.0223. The van der Waals surface area contributed by atoms with Gasteiger partial charge in [-0.2, -0.15) is 0 Å². The molecule has 2 aromatic rings. The number of carbonyl (C=O) groups is 2. The molecule has 0 saturated carbocycles. The van der Waals surface area contributed by atoms with Crippen LogP contribution in [0.15, 0.2) is 53.4 Å². The number of nitrogens with one attached hydrogen (secondary N) is 1. The summed E-state index contributed by atoms with van der Waals surface area (Å²) in [4.78, 5) is 20.6. The molecule has 0 radical (unpaired) electrons. The molecular formula is C16H11NO7S-2. The number of carboxylic acid groups (broad SMARTS) is 2. The van der Waals surface area contributed by atoms with Crippen LogP contribution >= 0.6 is 0 Å². The molecule has 0 atom stereocenters. The molecular weight excluding hydrogens is 350 g/mol. The molecule has 0 aliphatic heterocycles. The van der Waals surface area contributed by atoms with Gasteiger partial charge in [-0.1, -0.05) is 30.0 Å². The van der Waals surface area contributed by atoms with Crippen molar-refractivity contribution in [2.45, 2.75) is 4.90 Å². The topological polar surface area (TPSA) is 147 Å². The first kappa shape index (κ1) is 18.0. The zero-order valence-corrected chi connectivity index (χ0v) is 13.3. The van der Waals surface area contributed by atoms with E-state index in [2.05, 4.69) is 4.72 Å². The van der Waals surface area contributed by atoms with Crippen molar-refractivity contribution in [3.63, 3.8) is 0 Å². The molecule has 0 fully saturated rings. The lowest BCUT2D eigenvalue weighted by molar-refractivity contribution is -0.297. The lowest BCUT2D eigenvalue weighted by Gasteiger charge is -2.16. The largest absolute Gasteiger partial charge is 0.872 e. The third-order valence-corrected chi connectivity index (χ3v) is 4.43. The average molecular weight is 361 g/mol. The van der Waals surface area contributed by atoms with Gasteiger partial charge in [-0.15, -0.1) is 0 Å². The van der Waals surface area contributed by atoms with Crippen molar-refractivity contribution in [3.05, 3.63) is 59.7 Å². The standard InChI is InChI=1S/C16H13NO7S/c18-13-6-5-11(16(21)22)9-14(13)25(23,24)17-12-3-1-2-10(8-12)4-7-15(19)20/h1-9,17-18H,(H,19,20)(H,21,22)/p-2/b7-4+. The number of rotatable bonds is 6. The molecule has 0 aliphatic rings. The number of sulfonamides is 1. The van der Waals surface area contributed by atoms with Crippen LogP contribution in [0.4, 0.5) is 5.69 Å². The van der Waals surface area contributed by atoms with E-state index in [4.69, 9.17) is 5.11 Å². The summed E-state index contributed by atoms with van der Waals surface area (Å²) < 4.78 is 26.8. The number of aromatic carboxylic acids is 1. The molecule has 130 valence electrons. The minimum absolute atomic E-state index is 0.0700. The highest BCUT2D eigenvalue weighted by molar-refractivity contribution is 7.92. The molecule has 2 N–H and O–H groups in total. The fourth-order valence-corrected chi connectivity index (χ4v) is 3.09. The number of anilines is 1. The van der Waals surface area contributed by atoms with E-state index in [9.17, 15) is 28.2 Å². The SMILES string of the molecule is O=C([O-])/C=C/c1cccc(NS(=O)(=O)c2cc(C(=O)O)ccc2[O-])c1. The zero-order chi connectivity index (χ0) is 18.6. The van der Waals surface area contributed by atoms with Gasteiger partial charge >= 0.3 is 5.97 Å². The number of hydrogen-bond acceptors (Lipinski definition) is 6. The lowest BCUT2D eigenvalue weighted by atomic mass is 10.2. The third-order valence-electron chi connectivity index (χ3n) is 3.03. The maximum atomic E-state index is 12.3. The van der Waals surface area contributed by atoms with E-state index in [-0.39, 0.29) is 11.3 Å². The Labute approximate surface area is 142 Å². The van der Waals surface area contributed by atoms with Crippen LogP contribution in [-0.2, 0) is 14.8 Å². The van der Waals surface area contributed by atoms with Gasteiger partial charge in [-0.05, 0) is 35.9 Å². The number of aliphatic carboxylic acids is 1. The van der Waals surface area contributed by atoms with Gasteiger partial charge in [0.05, 0.1) is 16.4 Å². The molecule has 2 aromatic carbocycles. The van der Waals surface area contributed by atoms with E-state index < -0.39 is 32.6 Å². The van der Waals surface area contributed by atoms with Gasteiger partial charge in [0.15, 0.2) is 0 Å². The quantitative estimate of drug-likeness (QED) is 0.689. The summed E-state index contributed by atoms with van der Waals surface area (Å²) in [6.45, 7) is 0. The highest BCUT2D eigenvalue weighted by Crippen LogP contribution is 2.24. The fourth-order valence-electron chi connectivity index (χ4n) is 1.93. The van der Waals surface area contributed by atoms with Crippen molar-refractivity contribution in [1.82, 2.24) is 0 Å². The van der Waals surface area contributed by atoms with Crippen LogP contribution in [0, 0.1) is 0 Å². The van der Waals surface area contributed by atoms with Crippen LogP contribution in [0.2, 0.25) is 0 Å². The molecule has 9 heteroatoms. The van der Waals surface area contributed by atoms with Gasteiger partial charge in [0.1, 0.15) is 0 Å². The summed E-state index contributed by atoms with van der Waals surface area (Å²) in [7, 11) is -4.33. The first-order chi connectivity index (χ1) is 11.7. The average Bonchev–Trinajstić information content (AvgIpc) is 2.52. The highest BCUT2D eigenvalue weighted by Gasteiger charge is 2.17. The molecule has 25 heavy (non-hydrogen) atoms. The van der Waals surface area contributed by atoms with Crippen molar-refractivity contribution in [2.24, 2.45) is 0 Å². The number of carbonyl (C=O) groups excluding carboxylic acids is 1. The van der Waals surface area contributed by atoms with Gasteiger partial charge in [0.2, 0.25) is 0 Å². The molecule has 0 aromatic heterocycles. The van der Waals surface area contributed by atoms with Gasteiger partial charge in [0.25, 0.3) is 10.0 Å². The van der Waals surface area contributed by atoms with Crippen LogP contribution in [-0.4, -0.2) is 25.5 Å². The summed E-state index contributed by atoms with van der Waals surface area (Å²) in [6, 6.07) is 8.36. The summed E-state index contributed by atoms with van der Waals surface area (Å²) in [5.74, 6) is -3.64. The van der Waals surface area contributed by atoms with Gasteiger partial charge in [0, 0.05) is 5.69 Å². The molecule has 0 heterocycles. The van der Waals surface area contributed by atoms with Crippen molar-refractivity contribution < 1.29 is 33.3 Å². The van der Waals surface area contributed by atoms with Crippen molar-refractivity contribution >= 4 is 33.7 Å². The Morgan fingerprint density at radius 3 is 2.48 bits per heavy atom. The van der Waals surface area contributed by atoms with Gasteiger partial charge in [-0.25, -0.2) is 13.2 Å². The smallest absolute Gasteiger partial charge is 0.335 e. The first-order valence-corrected chi connectivity index (χ1v) is 8.23. The lowest BCUT2D eigenvalue weighted by Crippen LogP contribution is -2.18. The van der Waals surface area contributed by atoms with Crippen molar-refractivity contribution in [3.8, 4) is 5.75 Å². The van der Waals surface area contributed by atoms with E-state index >= 15 is 0 Å². The maximum Gasteiger partial charge on any atom is 0.335 e. The first-order valence-electron chi connectivity index (χ1n) is 6.75. The van der Waals surface area contributed by atoms with Crippen molar-refractivity contribution in [1.29, 1.82) is 0 Å². The van der Waals surface area contributed by atoms with Gasteiger partial charge < -0.3 is 20.1 Å². The van der Waals surface area contributed by atoms with E-state index in [0.29, 0.717) is 5.56 Å². The van der Waals surface area contributed by atoms with Crippen LogP contribution in [0.5, 0.6) is 5.75 Å². The highest BCUT2D eigenvalue weighted by atomic mass is 32.2. The molecule has 0 spiro atoms. The van der Waals surface area contributed by atoms with Gasteiger partial charge in [-0.3, -0.25) is 4.72 Å². The molecule has 0 unspecified atom stereocenters. The Morgan fingerprint density at radius 2 is 1.84 bits per heavy atom. The summed E-state index contributed by atoms with van der Waals surface area (Å²) in [5.41, 5.74) is 0.109. The van der Waals surface area contributed by atoms with Crippen LogP contribution in [0.3, 0.4) is 0 Å². The maximum absolute atomic E-state index is 12.3. The monoisotopic (exact) mass is 361 g/mol. The second-order valence-corrected chi connectivity index (χ2v) is 6.50. The van der Waals surface area contributed by atoms with Crippen LogP contribution < -0.4 is 14.9 Å². The number of benzene rings is 2.